The monoisotopic (exact) mass is 607 g/mol. The summed E-state index contributed by atoms with van der Waals surface area (Å²) in [5.74, 6) is -1.08. The fraction of sp³-hybridized carbons (Fsp3) is 0.943. The lowest BCUT2D eigenvalue weighted by atomic mass is 9.84. The van der Waals surface area contributed by atoms with Gasteiger partial charge < -0.3 is 28.6 Å². The lowest BCUT2D eigenvalue weighted by Crippen LogP contribution is -2.44. The van der Waals surface area contributed by atoms with Gasteiger partial charge in [-0.05, 0) is 85.7 Å². The van der Waals surface area contributed by atoms with E-state index < -0.39 is 0 Å². The number of fused-ring (bicyclic) bond motifs is 4. The number of hydrogen-bond acceptors (Lipinski definition) is 8. The number of hydrogen-bond donors (Lipinski definition) is 0. The van der Waals surface area contributed by atoms with Crippen molar-refractivity contribution in [1.82, 2.24) is 4.90 Å². The second kappa shape index (κ2) is 15.9. The first-order valence-electron chi connectivity index (χ1n) is 17.6. The second-order valence-corrected chi connectivity index (χ2v) is 14.5. The van der Waals surface area contributed by atoms with E-state index in [4.69, 9.17) is 23.7 Å². The minimum Gasteiger partial charge on any atom is -0.462 e. The Labute approximate surface area is 261 Å². The van der Waals surface area contributed by atoms with Gasteiger partial charge in [0.25, 0.3) is 0 Å². The summed E-state index contributed by atoms with van der Waals surface area (Å²) in [7, 11) is 4.32. The molecule has 248 valence electrons. The molecule has 0 amide bonds. The summed E-state index contributed by atoms with van der Waals surface area (Å²) in [5, 5.41) is 0. The van der Waals surface area contributed by atoms with Gasteiger partial charge in [-0.15, -0.1) is 0 Å². The maximum absolute atomic E-state index is 13.7. The molecule has 0 aromatic rings. The summed E-state index contributed by atoms with van der Waals surface area (Å²) in [6.07, 6.45) is 10.3. The summed E-state index contributed by atoms with van der Waals surface area (Å²) >= 11 is 0. The molecule has 0 radical (unpaired) electrons. The van der Waals surface area contributed by atoms with Crippen LogP contribution in [0.2, 0.25) is 0 Å². The molecule has 0 aliphatic carbocycles. The van der Waals surface area contributed by atoms with E-state index in [1.807, 2.05) is 13.8 Å². The third-order valence-electron chi connectivity index (χ3n) is 11.0. The van der Waals surface area contributed by atoms with Crippen molar-refractivity contribution < 1.29 is 33.3 Å². The highest BCUT2D eigenvalue weighted by Crippen LogP contribution is 2.39. The van der Waals surface area contributed by atoms with Gasteiger partial charge in [-0.1, -0.05) is 40.5 Å². The molecule has 4 fully saturated rings. The van der Waals surface area contributed by atoms with Gasteiger partial charge in [0.05, 0.1) is 48.5 Å². The van der Waals surface area contributed by atoms with Crippen LogP contribution in [0.4, 0.5) is 0 Å². The van der Waals surface area contributed by atoms with E-state index in [0.717, 1.165) is 70.6 Å². The van der Waals surface area contributed by atoms with Crippen molar-refractivity contribution in [3.05, 3.63) is 0 Å². The smallest absolute Gasteiger partial charge is 0.311 e. The van der Waals surface area contributed by atoms with Crippen LogP contribution < -0.4 is 0 Å². The minimum atomic E-state index is -0.364. The van der Waals surface area contributed by atoms with Crippen LogP contribution in [0, 0.1) is 23.7 Å². The standard InChI is InChI=1S/C35H61NO7/c1-9-11-25(36(7)8)19-27-13-15-29(39-27)21(3)33-22(4)30-17-18-32(42-30)24(6)34(37)41-26(12-10-2)20-28-14-16-31(40-28)23(5)35(38)43-33/h21-33H,9-20H2,1-8H3/t21-,22-,23+,24-,25-,26+,27?,28+,29?,30+,31-,32-,33+/m1/s1. The number of nitrogens with zero attached hydrogens (tertiary/aromatic N) is 1. The van der Waals surface area contributed by atoms with Crippen LogP contribution in [0.5, 0.6) is 0 Å². The van der Waals surface area contributed by atoms with Crippen LogP contribution in [-0.2, 0) is 33.3 Å². The fourth-order valence-electron chi connectivity index (χ4n) is 8.01. The summed E-state index contributed by atoms with van der Waals surface area (Å²) in [4.78, 5) is 29.3. The van der Waals surface area contributed by atoms with Crippen molar-refractivity contribution in [3.8, 4) is 0 Å². The molecule has 0 saturated carbocycles. The molecule has 4 aliphatic rings. The van der Waals surface area contributed by atoms with Crippen molar-refractivity contribution in [2.75, 3.05) is 14.1 Å². The van der Waals surface area contributed by atoms with Gasteiger partial charge in [0.1, 0.15) is 12.2 Å². The predicted molar refractivity (Wildman–Crippen MR) is 167 cm³/mol. The fourth-order valence-corrected chi connectivity index (χ4v) is 8.01. The van der Waals surface area contributed by atoms with Crippen molar-refractivity contribution in [1.29, 1.82) is 0 Å². The average molecular weight is 608 g/mol. The summed E-state index contributed by atoms with van der Waals surface area (Å²) in [5.41, 5.74) is 0. The topological polar surface area (TPSA) is 83.5 Å². The average Bonchev–Trinajstić information content (AvgIpc) is 3.75. The Hall–Kier alpha value is -1.22. The molecule has 43 heavy (non-hydrogen) atoms. The molecule has 8 heteroatoms. The van der Waals surface area contributed by atoms with E-state index >= 15 is 0 Å². The number of ether oxygens (including phenoxy) is 5. The number of cyclic esters (lactones) is 2. The maximum Gasteiger partial charge on any atom is 0.311 e. The highest BCUT2D eigenvalue weighted by atomic mass is 16.6. The van der Waals surface area contributed by atoms with Crippen LogP contribution in [-0.4, -0.2) is 85.8 Å². The van der Waals surface area contributed by atoms with Gasteiger partial charge >= 0.3 is 11.9 Å². The molecule has 8 nitrogen and oxygen atoms in total. The van der Waals surface area contributed by atoms with E-state index in [2.05, 4.69) is 46.7 Å². The maximum atomic E-state index is 13.7. The Morgan fingerprint density at radius 1 is 0.767 bits per heavy atom. The third kappa shape index (κ3) is 8.74. The van der Waals surface area contributed by atoms with Crippen LogP contribution in [0.15, 0.2) is 0 Å². The van der Waals surface area contributed by atoms with Gasteiger partial charge in [0.15, 0.2) is 0 Å². The molecular formula is C35H61NO7. The van der Waals surface area contributed by atoms with Crippen molar-refractivity contribution in [2.24, 2.45) is 23.7 Å². The van der Waals surface area contributed by atoms with Crippen LogP contribution in [0.1, 0.15) is 119 Å². The molecule has 4 bridgehead atoms. The van der Waals surface area contributed by atoms with E-state index in [0.29, 0.717) is 12.5 Å². The van der Waals surface area contributed by atoms with Gasteiger partial charge in [-0.3, -0.25) is 9.59 Å². The van der Waals surface area contributed by atoms with E-state index in [1.54, 1.807) is 0 Å². The van der Waals surface area contributed by atoms with E-state index in [-0.39, 0.29) is 84.4 Å². The number of carbonyl (C=O) groups excluding carboxylic acids is 2. The van der Waals surface area contributed by atoms with E-state index in [9.17, 15) is 9.59 Å². The van der Waals surface area contributed by atoms with Crippen molar-refractivity contribution in [3.63, 3.8) is 0 Å². The largest absolute Gasteiger partial charge is 0.462 e. The molecule has 4 aliphatic heterocycles. The van der Waals surface area contributed by atoms with Gasteiger partial charge in [-0.2, -0.15) is 0 Å². The zero-order valence-electron chi connectivity index (χ0n) is 28.3. The van der Waals surface area contributed by atoms with Crippen molar-refractivity contribution in [2.45, 2.75) is 173 Å². The second-order valence-electron chi connectivity index (χ2n) is 14.5. The van der Waals surface area contributed by atoms with Gasteiger partial charge in [-0.25, -0.2) is 0 Å². The molecule has 0 N–H and O–H groups in total. The molecular weight excluding hydrogens is 546 g/mol. The molecule has 2 unspecified atom stereocenters. The van der Waals surface area contributed by atoms with Crippen molar-refractivity contribution >= 4 is 11.9 Å². The predicted octanol–water partition coefficient (Wildman–Crippen LogP) is 6.32. The minimum absolute atomic E-state index is 0.0175. The first kappa shape index (κ1) is 34.6. The lowest BCUT2D eigenvalue weighted by Gasteiger charge is -2.36. The number of rotatable bonds is 9. The lowest BCUT2D eigenvalue weighted by molar-refractivity contribution is -0.175. The zero-order valence-corrected chi connectivity index (χ0v) is 28.3. The quantitative estimate of drug-likeness (QED) is 0.282. The van der Waals surface area contributed by atoms with Crippen LogP contribution in [0.3, 0.4) is 0 Å². The highest BCUT2D eigenvalue weighted by Gasteiger charge is 2.46. The summed E-state index contributed by atoms with van der Waals surface area (Å²) in [6.45, 7) is 12.6. The van der Waals surface area contributed by atoms with Gasteiger partial charge in [0.2, 0.25) is 0 Å². The summed E-state index contributed by atoms with van der Waals surface area (Å²) < 4.78 is 32.2. The Morgan fingerprint density at radius 3 is 2.09 bits per heavy atom. The molecule has 13 atom stereocenters. The first-order chi connectivity index (χ1) is 20.5. The Morgan fingerprint density at radius 2 is 1.42 bits per heavy atom. The molecule has 4 saturated heterocycles. The first-order valence-corrected chi connectivity index (χ1v) is 17.6. The molecule has 0 aromatic carbocycles. The molecule has 0 aromatic heterocycles. The van der Waals surface area contributed by atoms with Crippen LogP contribution in [0.25, 0.3) is 0 Å². The Bertz CT molecular complexity index is 897. The number of carbonyl (C=O) groups is 2. The van der Waals surface area contributed by atoms with E-state index in [1.165, 1.54) is 0 Å². The third-order valence-corrected chi connectivity index (χ3v) is 11.0. The number of esters is 2. The Kier molecular flexibility index (Phi) is 12.8. The Balaban J connectivity index is 1.51. The molecule has 4 heterocycles. The summed E-state index contributed by atoms with van der Waals surface area (Å²) in [6, 6.07) is 0.509. The van der Waals surface area contributed by atoms with Gasteiger partial charge in [0, 0.05) is 24.3 Å². The molecule has 0 spiro atoms. The SMILES string of the molecule is CCC[C@H]1C[C@@H]2CC[C@@H](O2)[C@H](C)C(=O)O[C@@H]([C@H](C)C2CCC(C[C@@H](CCC)N(C)C)O2)[C@H](C)[C@@H]2CC[C@@H](O2)[C@@H](C)C(=O)O1. The zero-order chi connectivity index (χ0) is 31.3. The highest BCUT2D eigenvalue weighted by molar-refractivity contribution is 5.73. The normalized spacial score (nSPS) is 40.8. The van der Waals surface area contributed by atoms with Crippen LogP contribution >= 0.6 is 0 Å². The molecule has 4 rings (SSSR count).